The zero-order valence-corrected chi connectivity index (χ0v) is 11.7. The molecule has 2 unspecified atom stereocenters. The Morgan fingerprint density at radius 3 is 2.95 bits per heavy atom. The number of alkyl halides is 1. The highest BCUT2D eigenvalue weighted by molar-refractivity contribution is 7.91. The van der Waals surface area contributed by atoms with Gasteiger partial charge in [0.1, 0.15) is 6.61 Å². The SMILES string of the molecule is COCc1cc(C(=O)NC2CS(=O)(=O)CC2Cl)no1. The molecule has 0 aliphatic carbocycles. The Morgan fingerprint density at radius 2 is 2.37 bits per heavy atom. The van der Waals surface area contributed by atoms with E-state index >= 15 is 0 Å². The van der Waals surface area contributed by atoms with Crippen LogP contribution in [0.15, 0.2) is 10.6 Å². The van der Waals surface area contributed by atoms with Crippen molar-refractivity contribution >= 4 is 27.3 Å². The smallest absolute Gasteiger partial charge is 0.273 e. The second kappa shape index (κ2) is 5.48. The molecule has 2 rings (SSSR count). The largest absolute Gasteiger partial charge is 0.377 e. The molecule has 0 spiro atoms. The normalized spacial score (nSPS) is 25.4. The maximum Gasteiger partial charge on any atom is 0.273 e. The Kier molecular flexibility index (Phi) is 4.12. The van der Waals surface area contributed by atoms with Gasteiger partial charge in [0.25, 0.3) is 5.91 Å². The van der Waals surface area contributed by atoms with Crippen molar-refractivity contribution in [2.24, 2.45) is 0 Å². The summed E-state index contributed by atoms with van der Waals surface area (Å²) >= 11 is 5.89. The van der Waals surface area contributed by atoms with Crippen LogP contribution in [0.4, 0.5) is 0 Å². The molecule has 1 aromatic heterocycles. The highest BCUT2D eigenvalue weighted by Gasteiger charge is 2.37. The molecular formula is C10H13ClN2O5S. The van der Waals surface area contributed by atoms with Crippen LogP contribution < -0.4 is 5.32 Å². The van der Waals surface area contributed by atoms with Crippen molar-refractivity contribution in [3.63, 3.8) is 0 Å². The molecular weight excluding hydrogens is 296 g/mol. The minimum atomic E-state index is -3.19. The van der Waals surface area contributed by atoms with Gasteiger partial charge in [0.05, 0.1) is 22.9 Å². The number of carbonyl (C=O) groups is 1. The van der Waals surface area contributed by atoms with Gasteiger partial charge in [0.2, 0.25) is 0 Å². The first kappa shape index (κ1) is 14.3. The summed E-state index contributed by atoms with van der Waals surface area (Å²) in [5, 5.41) is 5.50. The first-order valence-electron chi connectivity index (χ1n) is 5.51. The van der Waals surface area contributed by atoms with Crippen LogP contribution in [0.25, 0.3) is 0 Å². The molecule has 1 amide bonds. The van der Waals surface area contributed by atoms with Gasteiger partial charge >= 0.3 is 0 Å². The molecule has 0 saturated carbocycles. The van der Waals surface area contributed by atoms with Crippen LogP contribution in [0.2, 0.25) is 0 Å². The number of hydrogen-bond acceptors (Lipinski definition) is 6. The lowest BCUT2D eigenvalue weighted by molar-refractivity contribution is 0.0931. The number of sulfone groups is 1. The van der Waals surface area contributed by atoms with E-state index in [0.717, 1.165) is 0 Å². The van der Waals surface area contributed by atoms with E-state index in [1.807, 2.05) is 0 Å². The second-order valence-corrected chi connectivity index (χ2v) is 7.00. The van der Waals surface area contributed by atoms with Gasteiger partial charge in [-0.1, -0.05) is 5.16 Å². The topological polar surface area (TPSA) is 98.5 Å². The number of halogens is 1. The number of aromatic nitrogens is 1. The number of methoxy groups -OCH3 is 1. The fourth-order valence-electron chi connectivity index (χ4n) is 1.81. The Labute approximate surface area is 115 Å². The number of amides is 1. The third-order valence-corrected chi connectivity index (χ3v) is 5.05. The number of nitrogens with zero attached hydrogens (tertiary/aromatic N) is 1. The average molecular weight is 309 g/mol. The van der Waals surface area contributed by atoms with Crippen LogP contribution in [0, 0.1) is 0 Å². The van der Waals surface area contributed by atoms with Gasteiger partial charge in [-0.25, -0.2) is 8.42 Å². The standard InChI is InChI=1S/C10H13ClN2O5S/c1-17-3-6-2-8(13-18-6)10(14)12-9-5-19(15,16)4-7(9)11/h2,7,9H,3-5H2,1H3,(H,12,14). The highest BCUT2D eigenvalue weighted by atomic mass is 35.5. The summed E-state index contributed by atoms with van der Waals surface area (Å²) in [6.07, 6.45) is 0. The van der Waals surface area contributed by atoms with E-state index in [2.05, 4.69) is 10.5 Å². The predicted molar refractivity (Wildman–Crippen MR) is 66.8 cm³/mol. The molecule has 0 aromatic carbocycles. The first-order chi connectivity index (χ1) is 8.91. The molecule has 1 N–H and O–H groups in total. The van der Waals surface area contributed by atoms with E-state index in [4.69, 9.17) is 20.9 Å². The van der Waals surface area contributed by atoms with Crippen molar-refractivity contribution in [3.8, 4) is 0 Å². The van der Waals surface area contributed by atoms with Crippen LogP contribution in [0.5, 0.6) is 0 Å². The predicted octanol–water partition coefficient (Wildman–Crippen LogP) is -0.0448. The number of rotatable bonds is 4. The summed E-state index contributed by atoms with van der Waals surface area (Å²) in [4.78, 5) is 11.8. The molecule has 0 radical (unpaired) electrons. The Bertz CT molecular complexity index is 570. The number of ether oxygens (including phenoxy) is 1. The van der Waals surface area contributed by atoms with Gasteiger partial charge in [-0.15, -0.1) is 11.6 Å². The molecule has 2 heterocycles. The van der Waals surface area contributed by atoms with E-state index in [0.29, 0.717) is 5.76 Å². The van der Waals surface area contributed by atoms with Crippen LogP contribution in [-0.4, -0.2) is 49.5 Å². The van der Waals surface area contributed by atoms with E-state index in [1.165, 1.54) is 13.2 Å². The lowest BCUT2D eigenvalue weighted by atomic mass is 10.2. The molecule has 1 aromatic rings. The lowest BCUT2D eigenvalue weighted by Gasteiger charge is -2.12. The quantitative estimate of drug-likeness (QED) is 0.783. The summed E-state index contributed by atoms with van der Waals surface area (Å²) in [7, 11) is -1.70. The molecule has 19 heavy (non-hydrogen) atoms. The summed E-state index contributed by atoms with van der Waals surface area (Å²) in [6.45, 7) is 0.205. The summed E-state index contributed by atoms with van der Waals surface area (Å²) in [5.41, 5.74) is 0.0696. The van der Waals surface area contributed by atoms with Crippen LogP contribution in [0.3, 0.4) is 0 Å². The van der Waals surface area contributed by atoms with Crippen LogP contribution in [0.1, 0.15) is 16.2 Å². The molecule has 2 atom stereocenters. The Balaban J connectivity index is 2.01. The number of hydrogen-bond donors (Lipinski definition) is 1. The fraction of sp³-hybridized carbons (Fsp3) is 0.600. The van der Waals surface area contributed by atoms with E-state index in [9.17, 15) is 13.2 Å². The molecule has 1 aliphatic rings. The van der Waals surface area contributed by atoms with Gasteiger partial charge in [0.15, 0.2) is 21.3 Å². The minimum Gasteiger partial charge on any atom is -0.377 e. The van der Waals surface area contributed by atoms with Crippen molar-refractivity contribution in [1.82, 2.24) is 10.5 Å². The zero-order chi connectivity index (χ0) is 14.0. The van der Waals surface area contributed by atoms with Crippen LogP contribution in [-0.2, 0) is 21.2 Å². The van der Waals surface area contributed by atoms with Gasteiger partial charge < -0.3 is 14.6 Å². The molecule has 1 aliphatic heterocycles. The summed E-state index contributed by atoms with van der Waals surface area (Å²) < 4.78 is 32.4. The summed E-state index contributed by atoms with van der Waals surface area (Å²) in [5.74, 6) is -0.392. The zero-order valence-electron chi connectivity index (χ0n) is 10.1. The second-order valence-electron chi connectivity index (χ2n) is 4.28. The average Bonchev–Trinajstić information content (AvgIpc) is 2.85. The maximum atomic E-state index is 11.8. The molecule has 1 fully saturated rings. The third-order valence-electron chi connectivity index (χ3n) is 2.68. The van der Waals surface area contributed by atoms with Gasteiger partial charge in [-0.3, -0.25) is 4.79 Å². The molecule has 9 heteroatoms. The van der Waals surface area contributed by atoms with Crippen molar-refractivity contribution in [3.05, 3.63) is 17.5 Å². The fourth-order valence-corrected chi connectivity index (χ4v) is 4.36. The first-order valence-corrected chi connectivity index (χ1v) is 7.77. The van der Waals surface area contributed by atoms with Crippen molar-refractivity contribution in [2.45, 2.75) is 18.0 Å². The van der Waals surface area contributed by atoms with E-state index in [-0.39, 0.29) is 23.8 Å². The van der Waals surface area contributed by atoms with Crippen molar-refractivity contribution in [2.75, 3.05) is 18.6 Å². The Hall–Kier alpha value is -1.12. The summed E-state index contributed by atoms with van der Waals surface area (Å²) in [6, 6.07) is 0.827. The van der Waals surface area contributed by atoms with Crippen molar-refractivity contribution < 1.29 is 22.5 Å². The molecule has 0 bridgehead atoms. The molecule has 7 nitrogen and oxygen atoms in total. The number of carbonyl (C=O) groups excluding carboxylic acids is 1. The molecule has 106 valence electrons. The lowest BCUT2D eigenvalue weighted by Crippen LogP contribution is -2.40. The molecule has 1 saturated heterocycles. The highest BCUT2D eigenvalue weighted by Crippen LogP contribution is 2.18. The van der Waals surface area contributed by atoms with Gasteiger partial charge in [-0.2, -0.15) is 0 Å². The van der Waals surface area contributed by atoms with Gasteiger partial charge in [-0.05, 0) is 0 Å². The van der Waals surface area contributed by atoms with E-state index in [1.54, 1.807) is 0 Å². The third kappa shape index (κ3) is 3.46. The number of nitrogens with one attached hydrogen (secondary N) is 1. The minimum absolute atomic E-state index is 0.0696. The monoisotopic (exact) mass is 308 g/mol. The maximum absolute atomic E-state index is 11.8. The van der Waals surface area contributed by atoms with E-state index < -0.39 is 27.2 Å². The van der Waals surface area contributed by atoms with Gasteiger partial charge in [0, 0.05) is 13.2 Å². The van der Waals surface area contributed by atoms with Crippen LogP contribution >= 0.6 is 11.6 Å². The van der Waals surface area contributed by atoms with Crippen molar-refractivity contribution in [1.29, 1.82) is 0 Å². The Morgan fingerprint density at radius 1 is 1.63 bits per heavy atom.